The molecule has 0 spiro atoms. The van der Waals surface area contributed by atoms with Crippen molar-refractivity contribution < 1.29 is 4.74 Å². The van der Waals surface area contributed by atoms with E-state index in [1.54, 1.807) is 18.3 Å². The summed E-state index contributed by atoms with van der Waals surface area (Å²) in [7, 11) is 0. The molecule has 0 radical (unpaired) electrons. The van der Waals surface area contributed by atoms with E-state index < -0.39 is 0 Å². The molecular weight excluding hydrogens is 361 g/mol. The van der Waals surface area contributed by atoms with Gasteiger partial charge in [-0.15, -0.1) is 0 Å². The standard InChI is InChI=1S/C15H8BrCl2NO/c16-10-8-19-15-12(20-9-4-2-1-3-5-9)7-6-11(17)13(15)14(10)18/h1-8H. The Hall–Kier alpha value is -1.29. The van der Waals surface area contributed by atoms with Crippen LogP contribution in [0.25, 0.3) is 10.9 Å². The fraction of sp³-hybridized carbons (Fsp3) is 0. The van der Waals surface area contributed by atoms with Crippen LogP contribution in [0.3, 0.4) is 0 Å². The Morgan fingerprint density at radius 2 is 1.75 bits per heavy atom. The highest BCUT2D eigenvalue weighted by molar-refractivity contribution is 9.10. The molecule has 0 N–H and O–H groups in total. The van der Waals surface area contributed by atoms with Gasteiger partial charge in [-0.25, -0.2) is 0 Å². The Morgan fingerprint density at radius 3 is 2.50 bits per heavy atom. The van der Waals surface area contributed by atoms with E-state index in [0.717, 1.165) is 5.75 Å². The summed E-state index contributed by atoms with van der Waals surface area (Å²) in [5.41, 5.74) is 0.634. The largest absolute Gasteiger partial charge is 0.455 e. The van der Waals surface area contributed by atoms with Crippen LogP contribution in [-0.4, -0.2) is 4.98 Å². The van der Waals surface area contributed by atoms with Crippen LogP contribution in [-0.2, 0) is 0 Å². The zero-order chi connectivity index (χ0) is 14.1. The fourth-order valence-corrected chi connectivity index (χ4v) is 2.72. The lowest BCUT2D eigenvalue weighted by atomic mass is 10.2. The monoisotopic (exact) mass is 367 g/mol. The number of hydrogen-bond acceptors (Lipinski definition) is 2. The van der Waals surface area contributed by atoms with Gasteiger partial charge in [0.2, 0.25) is 0 Å². The van der Waals surface area contributed by atoms with Crippen LogP contribution in [0.15, 0.2) is 53.1 Å². The number of rotatable bonds is 2. The van der Waals surface area contributed by atoms with E-state index in [1.165, 1.54) is 0 Å². The molecule has 5 heteroatoms. The molecule has 2 nitrogen and oxygen atoms in total. The van der Waals surface area contributed by atoms with Gasteiger partial charge in [0.25, 0.3) is 0 Å². The van der Waals surface area contributed by atoms with E-state index in [4.69, 9.17) is 27.9 Å². The highest BCUT2D eigenvalue weighted by Crippen LogP contribution is 2.39. The van der Waals surface area contributed by atoms with Crippen LogP contribution in [0.1, 0.15) is 0 Å². The van der Waals surface area contributed by atoms with E-state index >= 15 is 0 Å². The van der Waals surface area contributed by atoms with E-state index in [-0.39, 0.29) is 0 Å². The van der Waals surface area contributed by atoms with Gasteiger partial charge in [-0.3, -0.25) is 4.98 Å². The van der Waals surface area contributed by atoms with Crippen molar-refractivity contribution in [3.8, 4) is 11.5 Å². The average Bonchev–Trinajstić information content (AvgIpc) is 2.46. The molecule has 0 unspecified atom stereocenters. The summed E-state index contributed by atoms with van der Waals surface area (Å²) >= 11 is 15.8. The summed E-state index contributed by atoms with van der Waals surface area (Å²) in [5, 5.41) is 1.74. The molecule has 2 aromatic carbocycles. The predicted octanol–water partition coefficient (Wildman–Crippen LogP) is 6.10. The molecule has 0 fully saturated rings. The number of ether oxygens (including phenoxy) is 1. The highest BCUT2D eigenvalue weighted by Gasteiger charge is 2.13. The lowest BCUT2D eigenvalue weighted by Gasteiger charge is -2.10. The van der Waals surface area contributed by atoms with Gasteiger partial charge in [-0.1, -0.05) is 41.4 Å². The average molecular weight is 369 g/mol. The molecule has 0 aliphatic rings. The minimum Gasteiger partial charge on any atom is -0.455 e. The molecule has 1 aromatic heterocycles. The fourth-order valence-electron chi connectivity index (χ4n) is 1.88. The number of halogens is 3. The molecule has 3 rings (SSSR count). The van der Waals surface area contributed by atoms with Crippen LogP contribution < -0.4 is 4.74 Å². The number of aromatic nitrogens is 1. The third-order valence-corrected chi connectivity index (χ3v) is 4.33. The topological polar surface area (TPSA) is 22.1 Å². The molecule has 3 aromatic rings. The number of benzene rings is 2. The Morgan fingerprint density at radius 1 is 1.00 bits per heavy atom. The maximum atomic E-state index is 6.28. The molecule has 0 amide bonds. The van der Waals surface area contributed by atoms with Gasteiger partial charge in [0.15, 0.2) is 5.75 Å². The number of nitrogens with zero attached hydrogens (tertiary/aromatic N) is 1. The van der Waals surface area contributed by atoms with Gasteiger partial charge < -0.3 is 4.74 Å². The predicted molar refractivity (Wildman–Crippen MR) is 86.0 cm³/mol. The van der Waals surface area contributed by atoms with E-state index in [9.17, 15) is 0 Å². The van der Waals surface area contributed by atoms with E-state index in [1.807, 2.05) is 30.3 Å². The highest BCUT2D eigenvalue weighted by atomic mass is 79.9. The summed E-state index contributed by atoms with van der Waals surface area (Å²) < 4.78 is 6.55. The molecule has 0 aliphatic carbocycles. The van der Waals surface area contributed by atoms with Crippen LogP contribution in [0.5, 0.6) is 11.5 Å². The van der Waals surface area contributed by atoms with Gasteiger partial charge in [-0.05, 0) is 40.2 Å². The summed E-state index contributed by atoms with van der Waals surface area (Å²) in [6.45, 7) is 0. The first-order valence-corrected chi connectivity index (χ1v) is 7.37. The van der Waals surface area contributed by atoms with Crippen LogP contribution in [0.2, 0.25) is 10.0 Å². The first-order valence-electron chi connectivity index (χ1n) is 5.82. The number of hydrogen-bond donors (Lipinski definition) is 0. The summed E-state index contributed by atoms with van der Waals surface area (Å²) in [6, 6.07) is 13.0. The Kier molecular flexibility index (Phi) is 3.83. The van der Waals surface area contributed by atoms with Crippen LogP contribution in [0.4, 0.5) is 0 Å². The number of para-hydroxylation sites is 1. The zero-order valence-corrected chi connectivity index (χ0v) is 13.2. The first-order chi connectivity index (χ1) is 9.66. The SMILES string of the molecule is Clc1ccc(Oc2ccccc2)c2ncc(Br)c(Cl)c12. The Balaban J connectivity index is 2.18. The second-order valence-electron chi connectivity index (χ2n) is 4.10. The van der Waals surface area contributed by atoms with E-state index in [2.05, 4.69) is 20.9 Å². The maximum Gasteiger partial charge on any atom is 0.153 e. The second kappa shape index (κ2) is 5.60. The Labute approximate surface area is 134 Å². The zero-order valence-electron chi connectivity index (χ0n) is 10.1. The molecule has 1 heterocycles. The summed E-state index contributed by atoms with van der Waals surface area (Å²) in [5.74, 6) is 1.35. The van der Waals surface area contributed by atoms with Crippen LogP contribution >= 0.6 is 39.1 Å². The Bertz CT molecular complexity index is 778. The molecule has 100 valence electrons. The number of fused-ring (bicyclic) bond motifs is 1. The normalized spacial score (nSPS) is 10.8. The molecule has 0 aliphatic heterocycles. The van der Waals surface area contributed by atoms with Crippen molar-refractivity contribution in [2.45, 2.75) is 0 Å². The third-order valence-electron chi connectivity index (χ3n) is 2.80. The van der Waals surface area contributed by atoms with Crippen molar-refractivity contribution in [2.24, 2.45) is 0 Å². The molecular formula is C15H8BrCl2NO. The molecule has 20 heavy (non-hydrogen) atoms. The quantitative estimate of drug-likeness (QED) is 0.545. The molecule has 0 saturated carbocycles. The second-order valence-corrected chi connectivity index (χ2v) is 5.74. The molecule has 0 saturated heterocycles. The third kappa shape index (κ3) is 2.49. The first kappa shape index (κ1) is 13.7. The maximum absolute atomic E-state index is 6.28. The lowest BCUT2D eigenvalue weighted by molar-refractivity contribution is 0.487. The van der Waals surface area contributed by atoms with Crippen molar-refractivity contribution in [3.05, 3.63) is 63.2 Å². The minimum absolute atomic E-state index is 0.526. The number of pyridine rings is 1. The van der Waals surface area contributed by atoms with Crippen LogP contribution in [0, 0.1) is 0 Å². The van der Waals surface area contributed by atoms with Gasteiger partial charge >= 0.3 is 0 Å². The molecule has 0 bridgehead atoms. The van der Waals surface area contributed by atoms with Crippen molar-refractivity contribution in [3.63, 3.8) is 0 Å². The summed E-state index contributed by atoms with van der Waals surface area (Å²) in [6.07, 6.45) is 1.64. The lowest BCUT2D eigenvalue weighted by Crippen LogP contribution is -1.90. The van der Waals surface area contributed by atoms with Gasteiger partial charge in [0.1, 0.15) is 11.3 Å². The van der Waals surface area contributed by atoms with Gasteiger partial charge in [0.05, 0.1) is 14.5 Å². The van der Waals surface area contributed by atoms with Gasteiger partial charge in [0, 0.05) is 11.6 Å². The minimum atomic E-state index is 0.526. The summed E-state index contributed by atoms with van der Waals surface area (Å²) in [4.78, 5) is 4.36. The van der Waals surface area contributed by atoms with E-state index in [0.29, 0.717) is 31.2 Å². The smallest absolute Gasteiger partial charge is 0.153 e. The van der Waals surface area contributed by atoms with Crippen molar-refractivity contribution in [1.82, 2.24) is 4.98 Å². The molecule has 0 atom stereocenters. The van der Waals surface area contributed by atoms with Gasteiger partial charge in [-0.2, -0.15) is 0 Å². The van der Waals surface area contributed by atoms with Crippen molar-refractivity contribution in [2.75, 3.05) is 0 Å². The van der Waals surface area contributed by atoms with Crippen molar-refractivity contribution in [1.29, 1.82) is 0 Å². The van der Waals surface area contributed by atoms with Crippen molar-refractivity contribution >= 4 is 50.0 Å².